The minimum atomic E-state index is 0.00882. The number of aromatic amines is 1. The van der Waals surface area contributed by atoms with E-state index in [-0.39, 0.29) is 5.56 Å². The molecule has 2 heterocycles. The predicted octanol–water partition coefficient (Wildman–Crippen LogP) is 4.21. The van der Waals surface area contributed by atoms with Gasteiger partial charge in [-0.25, -0.2) is 9.97 Å². The van der Waals surface area contributed by atoms with Crippen LogP contribution in [0.2, 0.25) is 0 Å². The van der Waals surface area contributed by atoms with Crippen molar-refractivity contribution in [2.24, 2.45) is 0 Å². The molecule has 0 amide bonds. The Bertz CT molecular complexity index is 1010. The second-order valence-corrected chi connectivity index (χ2v) is 7.65. The number of fused-ring (bicyclic) bond motifs is 1. The maximum atomic E-state index is 12.2. The van der Waals surface area contributed by atoms with Crippen molar-refractivity contribution in [3.63, 3.8) is 0 Å². The van der Waals surface area contributed by atoms with Crippen LogP contribution in [0.15, 0.2) is 38.6 Å². The predicted molar refractivity (Wildman–Crippen MR) is 102 cm³/mol. The van der Waals surface area contributed by atoms with E-state index in [9.17, 15) is 4.79 Å². The number of hydrogen-bond donors (Lipinski definition) is 1. The maximum Gasteiger partial charge on any atom is 0.254 e. The number of nitrogens with one attached hydrogen (secondary N) is 1. The second-order valence-electron chi connectivity index (χ2n) is 6.68. The van der Waals surface area contributed by atoms with Crippen molar-refractivity contribution in [1.29, 1.82) is 0 Å². The summed E-state index contributed by atoms with van der Waals surface area (Å²) in [5.41, 5.74) is 4.86. The van der Waals surface area contributed by atoms with E-state index in [0.717, 1.165) is 54.0 Å². The molecule has 0 fully saturated rings. The van der Waals surface area contributed by atoms with Crippen LogP contribution < -0.4 is 5.56 Å². The Labute approximate surface area is 156 Å². The van der Waals surface area contributed by atoms with Crippen molar-refractivity contribution in [1.82, 2.24) is 15.0 Å². The molecule has 1 aliphatic carbocycles. The smallest absolute Gasteiger partial charge is 0.254 e. The highest BCUT2D eigenvalue weighted by atomic mass is 32.2. The van der Waals surface area contributed by atoms with E-state index in [4.69, 9.17) is 4.42 Å². The van der Waals surface area contributed by atoms with Gasteiger partial charge in [-0.05, 0) is 51.7 Å². The van der Waals surface area contributed by atoms with E-state index in [2.05, 4.69) is 21.0 Å². The number of benzene rings is 1. The van der Waals surface area contributed by atoms with Crippen molar-refractivity contribution in [2.75, 3.05) is 0 Å². The van der Waals surface area contributed by atoms with Crippen molar-refractivity contribution in [3.05, 3.63) is 62.9 Å². The van der Waals surface area contributed by atoms with Gasteiger partial charge in [0.15, 0.2) is 5.16 Å². The van der Waals surface area contributed by atoms with E-state index >= 15 is 0 Å². The van der Waals surface area contributed by atoms with Gasteiger partial charge in [0.1, 0.15) is 5.76 Å². The lowest BCUT2D eigenvalue weighted by atomic mass is 9.97. The third-order valence-electron chi connectivity index (χ3n) is 4.67. The molecule has 26 heavy (non-hydrogen) atoms. The van der Waals surface area contributed by atoms with Crippen LogP contribution in [0, 0.1) is 13.8 Å². The fourth-order valence-electron chi connectivity index (χ4n) is 3.25. The lowest BCUT2D eigenvalue weighted by Crippen LogP contribution is -2.21. The molecule has 0 atom stereocenters. The molecule has 0 saturated heterocycles. The van der Waals surface area contributed by atoms with Crippen LogP contribution in [0.1, 0.15) is 41.1 Å². The zero-order valence-corrected chi connectivity index (χ0v) is 15.8. The third-order valence-corrected chi connectivity index (χ3v) is 5.56. The molecule has 0 spiro atoms. The van der Waals surface area contributed by atoms with E-state index in [1.807, 2.05) is 32.0 Å². The largest absolute Gasteiger partial charge is 0.441 e. The van der Waals surface area contributed by atoms with E-state index in [1.165, 1.54) is 17.3 Å². The van der Waals surface area contributed by atoms with Gasteiger partial charge in [0.2, 0.25) is 5.89 Å². The number of thioether (sulfide) groups is 1. The topological polar surface area (TPSA) is 71.8 Å². The number of hydrogen-bond acceptors (Lipinski definition) is 5. The standard InChI is InChI=1S/C20H21N3O2S/c1-12-6-5-7-14(10-12)19-21-17(13(2)25-19)11-26-20-22-16-9-4-3-8-15(16)18(24)23-20/h5-7,10H,3-4,8-9,11H2,1-2H3,(H,22,23,24). The fourth-order valence-corrected chi connectivity index (χ4v) is 4.13. The number of aryl methyl sites for hydroxylation is 3. The van der Waals surface area contributed by atoms with Crippen LogP contribution in [-0.4, -0.2) is 15.0 Å². The molecule has 0 radical (unpaired) electrons. The van der Waals surface area contributed by atoms with E-state index < -0.39 is 0 Å². The first-order valence-electron chi connectivity index (χ1n) is 8.88. The van der Waals surface area contributed by atoms with Gasteiger partial charge in [-0.3, -0.25) is 4.79 Å². The van der Waals surface area contributed by atoms with Crippen molar-refractivity contribution in [3.8, 4) is 11.5 Å². The molecule has 1 aliphatic rings. The molecule has 1 aromatic carbocycles. The third kappa shape index (κ3) is 3.46. The SMILES string of the molecule is Cc1cccc(-c2nc(CSc3nc4c(c(=O)[nH]3)CCCC4)c(C)o2)c1. The molecule has 0 aliphatic heterocycles. The Balaban J connectivity index is 1.54. The number of oxazole rings is 1. The van der Waals surface area contributed by atoms with Crippen LogP contribution >= 0.6 is 11.8 Å². The van der Waals surface area contributed by atoms with Gasteiger partial charge in [0.25, 0.3) is 5.56 Å². The molecule has 1 N–H and O–H groups in total. The Morgan fingerprint density at radius 2 is 2.04 bits per heavy atom. The molecule has 2 aromatic heterocycles. The van der Waals surface area contributed by atoms with Crippen LogP contribution in [0.25, 0.3) is 11.5 Å². The quantitative estimate of drug-likeness (QED) is 0.552. The molecule has 4 rings (SSSR count). The highest BCUT2D eigenvalue weighted by Gasteiger charge is 2.17. The normalized spacial score (nSPS) is 13.6. The second kappa shape index (κ2) is 7.11. The van der Waals surface area contributed by atoms with Gasteiger partial charge in [0.05, 0.1) is 11.4 Å². The molecule has 0 bridgehead atoms. The van der Waals surface area contributed by atoms with Crippen LogP contribution in [0.3, 0.4) is 0 Å². The zero-order chi connectivity index (χ0) is 18.1. The lowest BCUT2D eigenvalue weighted by molar-refractivity contribution is 0.540. The molecule has 3 aromatic rings. The van der Waals surface area contributed by atoms with Gasteiger partial charge in [-0.1, -0.05) is 29.5 Å². The van der Waals surface area contributed by atoms with Gasteiger partial charge in [0, 0.05) is 16.9 Å². The Hall–Kier alpha value is -2.34. The summed E-state index contributed by atoms with van der Waals surface area (Å²) < 4.78 is 5.84. The molecule has 0 saturated carbocycles. The van der Waals surface area contributed by atoms with Gasteiger partial charge in [-0.15, -0.1) is 0 Å². The van der Waals surface area contributed by atoms with Crippen molar-refractivity contribution < 1.29 is 4.42 Å². The number of rotatable bonds is 4. The molecule has 0 unspecified atom stereocenters. The highest BCUT2D eigenvalue weighted by molar-refractivity contribution is 7.98. The molecule has 6 heteroatoms. The fraction of sp³-hybridized carbons (Fsp3) is 0.350. The van der Waals surface area contributed by atoms with Crippen molar-refractivity contribution >= 4 is 11.8 Å². The zero-order valence-electron chi connectivity index (χ0n) is 15.0. The average Bonchev–Trinajstić information content (AvgIpc) is 3.01. The lowest BCUT2D eigenvalue weighted by Gasteiger charge is -2.14. The Kier molecular flexibility index (Phi) is 4.68. The Morgan fingerprint density at radius 1 is 1.19 bits per heavy atom. The van der Waals surface area contributed by atoms with Gasteiger partial charge >= 0.3 is 0 Å². The maximum absolute atomic E-state index is 12.2. The first kappa shape index (κ1) is 17.1. The van der Waals surface area contributed by atoms with E-state index in [0.29, 0.717) is 16.8 Å². The average molecular weight is 367 g/mol. The minimum Gasteiger partial charge on any atom is -0.441 e. The summed E-state index contributed by atoms with van der Waals surface area (Å²) in [7, 11) is 0. The highest BCUT2D eigenvalue weighted by Crippen LogP contribution is 2.27. The van der Waals surface area contributed by atoms with Crippen molar-refractivity contribution in [2.45, 2.75) is 50.4 Å². The monoisotopic (exact) mass is 367 g/mol. The summed E-state index contributed by atoms with van der Waals surface area (Å²) in [6, 6.07) is 8.11. The summed E-state index contributed by atoms with van der Waals surface area (Å²) in [5.74, 6) is 2.05. The van der Waals surface area contributed by atoms with Gasteiger partial charge < -0.3 is 9.40 Å². The summed E-state index contributed by atoms with van der Waals surface area (Å²) in [6.45, 7) is 3.97. The first-order valence-corrected chi connectivity index (χ1v) is 9.87. The Morgan fingerprint density at radius 3 is 2.88 bits per heavy atom. The molecule has 134 valence electrons. The summed E-state index contributed by atoms with van der Waals surface area (Å²) >= 11 is 1.50. The molecule has 5 nitrogen and oxygen atoms in total. The van der Waals surface area contributed by atoms with Gasteiger partial charge in [-0.2, -0.15) is 0 Å². The number of H-pyrrole nitrogens is 1. The number of aromatic nitrogens is 3. The first-order chi connectivity index (χ1) is 12.6. The van der Waals surface area contributed by atoms with Crippen LogP contribution in [-0.2, 0) is 18.6 Å². The molecular formula is C20H21N3O2S. The van der Waals surface area contributed by atoms with Crippen LogP contribution in [0.4, 0.5) is 0 Å². The minimum absolute atomic E-state index is 0.00882. The number of nitrogens with zero attached hydrogens (tertiary/aromatic N) is 2. The summed E-state index contributed by atoms with van der Waals surface area (Å²) in [4.78, 5) is 24.4. The summed E-state index contributed by atoms with van der Waals surface area (Å²) in [5, 5.41) is 0.662. The van der Waals surface area contributed by atoms with E-state index in [1.54, 1.807) is 0 Å². The molecular weight excluding hydrogens is 346 g/mol. The summed E-state index contributed by atoms with van der Waals surface area (Å²) in [6.07, 6.45) is 3.91. The van der Waals surface area contributed by atoms with Crippen LogP contribution in [0.5, 0.6) is 0 Å².